The Hall–Kier alpha value is -2.75. The maximum absolute atomic E-state index is 13.2. The van der Waals surface area contributed by atoms with Crippen LogP contribution in [0.25, 0.3) is 0 Å². The Bertz CT molecular complexity index is 1020. The summed E-state index contributed by atoms with van der Waals surface area (Å²) in [6, 6.07) is 11.6. The van der Waals surface area contributed by atoms with Gasteiger partial charge in [-0.25, -0.2) is 0 Å². The van der Waals surface area contributed by atoms with E-state index in [4.69, 9.17) is 0 Å². The van der Waals surface area contributed by atoms with Crippen molar-refractivity contribution < 1.29 is 14.4 Å². The van der Waals surface area contributed by atoms with E-state index in [9.17, 15) is 14.4 Å². The van der Waals surface area contributed by atoms with Gasteiger partial charge >= 0.3 is 0 Å². The summed E-state index contributed by atoms with van der Waals surface area (Å²) in [5.74, 6) is 0.995. The lowest BCUT2D eigenvalue weighted by Gasteiger charge is -2.30. The molecular weight excluding hydrogens is 398 g/mol. The van der Waals surface area contributed by atoms with Gasteiger partial charge in [0.2, 0.25) is 5.91 Å². The molecule has 0 bridgehead atoms. The fourth-order valence-electron chi connectivity index (χ4n) is 5.52. The molecule has 4 nitrogen and oxygen atoms in total. The molecule has 0 saturated heterocycles. The summed E-state index contributed by atoms with van der Waals surface area (Å²) in [7, 11) is 0. The number of ketones is 1. The largest absolute Gasteiger partial charge is 0.326 e. The minimum Gasteiger partial charge on any atom is -0.326 e. The second-order valence-electron chi connectivity index (χ2n) is 9.69. The SMILES string of the molecule is Cc1ccc(NC(=O)C2CCC(CC3CCCc4c(C)cccc4C3=O)CC2)cc1C=O. The monoisotopic (exact) mass is 431 g/mol. The van der Waals surface area contributed by atoms with Crippen LogP contribution in [0.5, 0.6) is 0 Å². The Kier molecular flexibility index (Phi) is 6.88. The predicted molar refractivity (Wildman–Crippen MR) is 127 cm³/mol. The van der Waals surface area contributed by atoms with Gasteiger partial charge < -0.3 is 5.32 Å². The number of carbonyl (C=O) groups excluding carboxylic acids is 3. The number of rotatable bonds is 5. The maximum atomic E-state index is 13.2. The number of hydrogen-bond acceptors (Lipinski definition) is 3. The van der Waals surface area contributed by atoms with Crippen molar-refractivity contribution in [3.63, 3.8) is 0 Å². The van der Waals surface area contributed by atoms with E-state index >= 15 is 0 Å². The molecule has 0 aromatic heterocycles. The Morgan fingerprint density at radius 2 is 1.81 bits per heavy atom. The lowest BCUT2D eigenvalue weighted by molar-refractivity contribution is -0.121. The first kappa shape index (κ1) is 22.4. The van der Waals surface area contributed by atoms with Gasteiger partial charge in [-0.3, -0.25) is 14.4 Å². The number of aryl methyl sites for hydroxylation is 2. The molecular formula is C28H33NO3. The van der Waals surface area contributed by atoms with Crippen LogP contribution in [0.1, 0.15) is 82.4 Å². The van der Waals surface area contributed by atoms with E-state index in [0.717, 1.165) is 68.8 Å². The summed E-state index contributed by atoms with van der Waals surface area (Å²) in [4.78, 5) is 37.1. The van der Waals surface area contributed by atoms with Crippen LogP contribution in [0.4, 0.5) is 5.69 Å². The third-order valence-corrected chi connectivity index (χ3v) is 7.53. The first-order chi connectivity index (χ1) is 15.5. The van der Waals surface area contributed by atoms with E-state index in [-0.39, 0.29) is 17.7 Å². The highest BCUT2D eigenvalue weighted by atomic mass is 16.2. The summed E-state index contributed by atoms with van der Waals surface area (Å²) >= 11 is 0. The number of hydrogen-bond donors (Lipinski definition) is 1. The van der Waals surface area contributed by atoms with Crippen molar-refractivity contribution in [2.75, 3.05) is 5.32 Å². The number of aldehydes is 1. The molecule has 2 aromatic carbocycles. The lowest BCUT2D eigenvalue weighted by Crippen LogP contribution is -2.28. The molecule has 0 radical (unpaired) electrons. The number of amides is 1. The maximum Gasteiger partial charge on any atom is 0.227 e. The van der Waals surface area contributed by atoms with Gasteiger partial charge in [0.25, 0.3) is 0 Å². The fraction of sp³-hybridized carbons (Fsp3) is 0.464. The van der Waals surface area contributed by atoms with Crippen molar-refractivity contribution in [2.24, 2.45) is 17.8 Å². The Morgan fingerprint density at radius 1 is 1.03 bits per heavy atom. The number of anilines is 1. The van der Waals surface area contributed by atoms with E-state index in [1.807, 2.05) is 31.2 Å². The number of nitrogens with one attached hydrogen (secondary N) is 1. The number of fused-ring (bicyclic) bond motifs is 1. The molecule has 1 fully saturated rings. The zero-order valence-electron chi connectivity index (χ0n) is 19.2. The highest BCUT2D eigenvalue weighted by Crippen LogP contribution is 2.37. The Balaban J connectivity index is 1.32. The molecule has 1 atom stereocenters. The number of benzene rings is 2. The average molecular weight is 432 g/mol. The molecule has 1 N–H and O–H groups in total. The molecule has 2 aromatic rings. The highest BCUT2D eigenvalue weighted by molar-refractivity contribution is 5.99. The van der Waals surface area contributed by atoms with Gasteiger partial charge in [-0.2, -0.15) is 0 Å². The highest BCUT2D eigenvalue weighted by Gasteiger charge is 2.32. The van der Waals surface area contributed by atoms with Crippen LogP contribution in [0.3, 0.4) is 0 Å². The van der Waals surface area contributed by atoms with Crippen molar-refractivity contribution in [2.45, 2.75) is 65.2 Å². The quantitative estimate of drug-likeness (QED) is 0.460. The molecule has 2 aliphatic rings. The predicted octanol–water partition coefficient (Wildman–Crippen LogP) is 6.09. The summed E-state index contributed by atoms with van der Waals surface area (Å²) < 4.78 is 0. The van der Waals surface area contributed by atoms with Crippen LogP contribution < -0.4 is 5.32 Å². The van der Waals surface area contributed by atoms with Gasteiger partial charge in [-0.05, 0) is 100.0 Å². The minimum atomic E-state index is 0.000412. The van der Waals surface area contributed by atoms with Gasteiger partial charge in [-0.15, -0.1) is 0 Å². The van der Waals surface area contributed by atoms with E-state index < -0.39 is 0 Å². The standard InChI is InChI=1S/C28H33NO3/c1-18-9-14-24(16-23(18)17-30)29-28(32)21-12-10-20(11-13-21)15-22-6-4-7-25-19(2)5-3-8-26(25)27(22)31/h3,5,8-9,14,16-17,20-22H,4,6-7,10-13,15H2,1-2H3,(H,29,32). The van der Waals surface area contributed by atoms with Crippen LogP contribution in [0, 0.1) is 31.6 Å². The minimum absolute atomic E-state index is 0.000412. The summed E-state index contributed by atoms with van der Waals surface area (Å²) in [6.07, 6.45) is 8.53. The molecule has 1 saturated carbocycles. The molecule has 4 rings (SSSR count). The normalized spacial score (nSPS) is 23.2. The van der Waals surface area contributed by atoms with Crippen LogP contribution in [0.2, 0.25) is 0 Å². The van der Waals surface area contributed by atoms with Gasteiger partial charge in [0, 0.05) is 28.7 Å². The van der Waals surface area contributed by atoms with Crippen molar-refractivity contribution in [3.8, 4) is 0 Å². The zero-order valence-corrected chi connectivity index (χ0v) is 19.2. The molecule has 0 aliphatic heterocycles. The van der Waals surface area contributed by atoms with Gasteiger partial charge in [0.1, 0.15) is 6.29 Å². The Morgan fingerprint density at radius 3 is 2.56 bits per heavy atom. The smallest absolute Gasteiger partial charge is 0.227 e. The topological polar surface area (TPSA) is 63.2 Å². The van der Waals surface area contributed by atoms with Crippen LogP contribution in [0.15, 0.2) is 36.4 Å². The van der Waals surface area contributed by atoms with Crippen LogP contribution in [-0.4, -0.2) is 18.0 Å². The number of carbonyl (C=O) groups is 3. The summed E-state index contributed by atoms with van der Waals surface area (Å²) in [5, 5.41) is 2.99. The zero-order chi connectivity index (χ0) is 22.7. The Labute approximate surface area is 190 Å². The van der Waals surface area contributed by atoms with Crippen molar-refractivity contribution in [3.05, 3.63) is 64.2 Å². The third kappa shape index (κ3) is 4.85. The molecule has 0 heterocycles. The van der Waals surface area contributed by atoms with Gasteiger partial charge in [0.05, 0.1) is 0 Å². The van der Waals surface area contributed by atoms with E-state index in [2.05, 4.69) is 18.3 Å². The second-order valence-corrected chi connectivity index (χ2v) is 9.69. The average Bonchev–Trinajstić information content (AvgIpc) is 2.95. The molecule has 0 spiro atoms. The van der Waals surface area contributed by atoms with Crippen molar-refractivity contribution in [1.82, 2.24) is 0 Å². The fourth-order valence-corrected chi connectivity index (χ4v) is 5.52. The molecule has 2 aliphatic carbocycles. The molecule has 1 unspecified atom stereocenters. The van der Waals surface area contributed by atoms with E-state index in [1.54, 1.807) is 6.07 Å². The van der Waals surface area contributed by atoms with E-state index in [1.165, 1.54) is 11.1 Å². The van der Waals surface area contributed by atoms with Gasteiger partial charge in [-0.1, -0.05) is 24.3 Å². The lowest BCUT2D eigenvalue weighted by atomic mass is 9.76. The molecule has 168 valence electrons. The molecule has 1 amide bonds. The van der Waals surface area contributed by atoms with Crippen LogP contribution in [-0.2, 0) is 11.2 Å². The molecule has 4 heteroatoms. The van der Waals surface area contributed by atoms with Crippen LogP contribution >= 0.6 is 0 Å². The van der Waals surface area contributed by atoms with Gasteiger partial charge in [0.15, 0.2) is 5.78 Å². The third-order valence-electron chi connectivity index (χ3n) is 7.53. The summed E-state index contributed by atoms with van der Waals surface area (Å²) in [6.45, 7) is 3.99. The summed E-state index contributed by atoms with van der Waals surface area (Å²) in [5.41, 5.74) is 5.61. The first-order valence-electron chi connectivity index (χ1n) is 12.0. The van der Waals surface area contributed by atoms with Crippen molar-refractivity contribution in [1.29, 1.82) is 0 Å². The second kappa shape index (κ2) is 9.81. The van der Waals surface area contributed by atoms with Crippen molar-refractivity contribution >= 4 is 23.7 Å². The van der Waals surface area contributed by atoms with E-state index in [0.29, 0.717) is 23.0 Å². The molecule has 32 heavy (non-hydrogen) atoms. The number of Topliss-reactive ketones (excluding diaryl/α,β-unsaturated/α-hetero) is 1. The first-order valence-corrected chi connectivity index (χ1v) is 12.0.